The standard InChI is InChI=1S/C9H8N2O9S/c12-5-1-2-6(13)10(5)9(16)20-11-7(14)3-4(8(11)15)21(17,18)19/h4H,1-3H2,(H,17,18,19). The zero-order valence-electron chi connectivity index (χ0n) is 10.2. The molecule has 5 amide bonds. The van der Waals surface area contributed by atoms with Gasteiger partial charge in [0.25, 0.3) is 21.9 Å². The Kier molecular flexibility index (Phi) is 3.51. The third-order valence-corrected chi connectivity index (χ3v) is 3.91. The van der Waals surface area contributed by atoms with E-state index in [1.807, 2.05) is 0 Å². The highest BCUT2D eigenvalue weighted by molar-refractivity contribution is 7.87. The fraction of sp³-hybridized carbons (Fsp3) is 0.444. The van der Waals surface area contributed by atoms with E-state index in [4.69, 9.17) is 4.55 Å². The maximum Gasteiger partial charge on any atom is 0.448 e. The number of nitrogens with zero attached hydrogens (tertiary/aromatic N) is 2. The van der Waals surface area contributed by atoms with Gasteiger partial charge in [-0.05, 0) is 0 Å². The molecule has 0 bridgehead atoms. The molecule has 21 heavy (non-hydrogen) atoms. The van der Waals surface area contributed by atoms with Crippen LogP contribution < -0.4 is 0 Å². The minimum Gasteiger partial charge on any atom is -0.310 e. The lowest BCUT2D eigenvalue weighted by Gasteiger charge is -2.16. The molecule has 0 aromatic heterocycles. The van der Waals surface area contributed by atoms with Gasteiger partial charge in [-0.2, -0.15) is 13.3 Å². The summed E-state index contributed by atoms with van der Waals surface area (Å²) in [5.41, 5.74) is 0. The van der Waals surface area contributed by atoms with Crippen molar-refractivity contribution in [3.8, 4) is 0 Å². The van der Waals surface area contributed by atoms with Crippen LogP contribution in [0.15, 0.2) is 0 Å². The fourth-order valence-electron chi connectivity index (χ4n) is 1.81. The van der Waals surface area contributed by atoms with Crippen molar-refractivity contribution in [1.82, 2.24) is 9.96 Å². The summed E-state index contributed by atoms with van der Waals surface area (Å²) < 4.78 is 30.5. The van der Waals surface area contributed by atoms with Gasteiger partial charge in [-0.15, -0.1) is 0 Å². The van der Waals surface area contributed by atoms with E-state index in [1.54, 1.807) is 0 Å². The van der Waals surface area contributed by atoms with Gasteiger partial charge >= 0.3 is 6.09 Å². The van der Waals surface area contributed by atoms with Crippen molar-refractivity contribution in [2.24, 2.45) is 0 Å². The van der Waals surface area contributed by atoms with Crippen molar-refractivity contribution in [2.75, 3.05) is 0 Å². The summed E-state index contributed by atoms with van der Waals surface area (Å²) in [6, 6.07) is 0. The van der Waals surface area contributed by atoms with E-state index in [9.17, 15) is 32.4 Å². The topological polar surface area (TPSA) is 155 Å². The van der Waals surface area contributed by atoms with Gasteiger partial charge in [-0.25, -0.2) is 4.79 Å². The third kappa shape index (κ3) is 2.62. The summed E-state index contributed by atoms with van der Waals surface area (Å²) >= 11 is 0. The molecule has 1 N–H and O–H groups in total. The number of carbonyl (C=O) groups is 5. The third-order valence-electron chi connectivity index (χ3n) is 2.83. The summed E-state index contributed by atoms with van der Waals surface area (Å²) in [4.78, 5) is 61.5. The predicted octanol–water partition coefficient (Wildman–Crippen LogP) is -1.80. The van der Waals surface area contributed by atoms with E-state index >= 15 is 0 Å². The molecular weight excluding hydrogens is 312 g/mol. The first-order valence-corrected chi connectivity index (χ1v) is 7.04. The van der Waals surface area contributed by atoms with Crippen LogP contribution in [0.2, 0.25) is 0 Å². The lowest BCUT2D eigenvalue weighted by atomic mass is 10.4. The van der Waals surface area contributed by atoms with E-state index in [2.05, 4.69) is 4.84 Å². The Bertz CT molecular complexity index is 651. The van der Waals surface area contributed by atoms with E-state index in [-0.39, 0.29) is 22.8 Å². The zero-order valence-corrected chi connectivity index (χ0v) is 11.0. The maximum absolute atomic E-state index is 11.6. The summed E-state index contributed by atoms with van der Waals surface area (Å²) in [6.07, 6.45) is -2.93. The molecule has 2 heterocycles. The monoisotopic (exact) mass is 320 g/mol. The van der Waals surface area contributed by atoms with Gasteiger partial charge < -0.3 is 4.84 Å². The first-order valence-electron chi connectivity index (χ1n) is 5.53. The predicted molar refractivity (Wildman–Crippen MR) is 59.4 cm³/mol. The number of imide groups is 4. The van der Waals surface area contributed by atoms with Crippen molar-refractivity contribution in [1.29, 1.82) is 0 Å². The molecule has 0 radical (unpaired) electrons. The summed E-state index contributed by atoms with van der Waals surface area (Å²) in [5, 5.41) is -2.26. The molecule has 0 aromatic rings. The normalized spacial score (nSPS) is 23.2. The van der Waals surface area contributed by atoms with Gasteiger partial charge in [0.05, 0.1) is 6.42 Å². The second-order valence-electron chi connectivity index (χ2n) is 4.21. The van der Waals surface area contributed by atoms with Gasteiger partial charge in [-0.3, -0.25) is 23.7 Å². The van der Waals surface area contributed by atoms with Crippen molar-refractivity contribution in [3.05, 3.63) is 0 Å². The van der Waals surface area contributed by atoms with Crippen molar-refractivity contribution < 1.29 is 41.8 Å². The smallest absolute Gasteiger partial charge is 0.310 e. The lowest BCUT2D eigenvalue weighted by molar-refractivity contribution is -0.175. The minimum absolute atomic E-state index is 0.112. The van der Waals surface area contributed by atoms with Crippen molar-refractivity contribution in [3.63, 3.8) is 0 Å². The number of hydrogen-bond donors (Lipinski definition) is 1. The van der Waals surface area contributed by atoms with Crippen molar-refractivity contribution >= 4 is 39.8 Å². The van der Waals surface area contributed by atoms with Crippen molar-refractivity contribution in [2.45, 2.75) is 24.5 Å². The van der Waals surface area contributed by atoms with E-state index < -0.39 is 51.5 Å². The first kappa shape index (κ1) is 15.1. The van der Waals surface area contributed by atoms with Crippen LogP contribution in [0, 0.1) is 0 Å². The number of hydrogen-bond acceptors (Lipinski definition) is 8. The molecule has 1 atom stereocenters. The Morgan fingerprint density at radius 3 is 2.05 bits per heavy atom. The first-order chi connectivity index (χ1) is 9.62. The van der Waals surface area contributed by atoms with Crippen LogP contribution in [0.5, 0.6) is 0 Å². The van der Waals surface area contributed by atoms with Gasteiger partial charge in [-0.1, -0.05) is 5.06 Å². The number of likely N-dealkylation sites (tertiary alicyclic amines) is 1. The second-order valence-corrected chi connectivity index (χ2v) is 5.81. The molecule has 2 saturated heterocycles. The van der Waals surface area contributed by atoms with E-state index in [0.29, 0.717) is 0 Å². The molecule has 0 aromatic carbocycles. The van der Waals surface area contributed by atoms with Crippen LogP contribution in [-0.4, -0.2) is 57.9 Å². The summed E-state index contributed by atoms with van der Waals surface area (Å²) in [6.45, 7) is 0. The van der Waals surface area contributed by atoms with Gasteiger partial charge in [0.2, 0.25) is 11.8 Å². The number of rotatable bonds is 2. The molecule has 2 aliphatic heterocycles. The molecular formula is C9H8N2O9S. The zero-order chi connectivity index (χ0) is 15.9. The average molecular weight is 320 g/mol. The van der Waals surface area contributed by atoms with E-state index in [0.717, 1.165) is 0 Å². The quantitative estimate of drug-likeness (QED) is 0.458. The lowest BCUT2D eigenvalue weighted by Crippen LogP contribution is -2.43. The Morgan fingerprint density at radius 2 is 1.62 bits per heavy atom. The van der Waals surface area contributed by atoms with Crippen LogP contribution in [0.3, 0.4) is 0 Å². The van der Waals surface area contributed by atoms with E-state index in [1.165, 1.54) is 0 Å². The number of amides is 5. The van der Waals surface area contributed by atoms with Gasteiger partial charge in [0, 0.05) is 12.8 Å². The minimum atomic E-state index is -4.84. The Balaban J connectivity index is 2.15. The molecule has 2 fully saturated rings. The molecule has 0 spiro atoms. The maximum atomic E-state index is 11.6. The molecule has 2 aliphatic rings. The Morgan fingerprint density at radius 1 is 1.10 bits per heavy atom. The van der Waals surface area contributed by atoms with Crippen LogP contribution >= 0.6 is 0 Å². The molecule has 0 saturated carbocycles. The molecule has 0 aliphatic carbocycles. The molecule has 1 unspecified atom stereocenters. The Labute approximate surface area is 117 Å². The Hall–Kier alpha value is -2.34. The summed E-state index contributed by atoms with van der Waals surface area (Å²) in [7, 11) is -4.84. The van der Waals surface area contributed by atoms with Crippen LogP contribution in [0.25, 0.3) is 0 Å². The van der Waals surface area contributed by atoms with Gasteiger partial charge in [0.1, 0.15) is 0 Å². The molecule has 114 valence electrons. The average Bonchev–Trinajstić information content (AvgIpc) is 2.82. The van der Waals surface area contributed by atoms with Crippen LogP contribution in [0.1, 0.15) is 19.3 Å². The van der Waals surface area contributed by atoms with Gasteiger partial charge in [0.15, 0.2) is 5.25 Å². The highest BCUT2D eigenvalue weighted by atomic mass is 32.2. The fourth-order valence-corrected chi connectivity index (χ4v) is 2.51. The van der Waals surface area contributed by atoms with Crippen LogP contribution in [0.4, 0.5) is 4.79 Å². The molecule has 11 nitrogen and oxygen atoms in total. The largest absolute Gasteiger partial charge is 0.448 e. The summed E-state index contributed by atoms with van der Waals surface area (Å²) in [5.74, 6) is -4.41. The molecule has 12 heteroatoms. The second kappa shape index (κ2) is 4.89. The highest BCUT2D eigenvalue weighted by Crippen LogP contribution is 2.21. The van der Waals surface area contributed by atoms with Crippen LogP contribution in [-0.2, 0) is 34.1 Å². The SMILES string of the molecule is O=C1CC(S(=O)(=O)O)C(=O)N1OC(=O)N1C(=O)CCC1=O. The number of carbonyl (C=O) groups excluding carboxylic acids is 5. The number of hydroxylamine groups is 2. The highest BCUT2D eigenvalue weighted by Gasteiger charge is 2.49. The molecule has 2 rings (SSSR count).